The van der Waals surface area contributed by atoms with Crippen LogP contribution in [0.15, 0.2) is 28.4 Å². The molecule has 0 saturated carbocycles. The number of methoxy groups -OCH3 is 2. The van der Waals surface area contributed by atoms with Crippen LogP contribution in [0, 0.1) is 10.1 Å². The first-order chi connectivity index (χ1) is 18.5. The number of carbonyl (C=O) groups is 4. The molecule has 15 nitrogen and oxygen atoms in total. The van der Waals surface area contributed by atoms with Crippen LogP contribution in [0.5, 0.6) is 5.75 Å². The Morgan fingerprint density at radius 2 is 1.62 bits per heavy atom. The average molecular weight is 566 g/mol. The van der Waals surface area contributed by atoms with E-state index in [1.165, 1.54) is 40.0 Å². The van der Waals surface area contributed by atoms with E-state index in [0.29, 0.717) is 17.0 Å². The second kappa shape index (κ2) is 14.4. The number of azo groups is 1. The summed E-state index contributed by atoms with van der Waals surface area (Å²) in [5.74, 6) is -1.95. The SMILES string of the molecule is COC(=O)c1cc([N+](=O)[O-])sc1N=Nc1cc(OC)c(N(CCOC(C)=O)CCOC(C)=O)cc1NC(C)=O. The number of rotatable bonds is 13. The summed E-state index contributed by atoms with van der Waals surface area (Å²) in [5, 5.41) is 21.5. The summed E-state index contributed by atoms with van der Waals surface area (Å²) < 4.78 is 20.3. The summed E-state index contributed by atoms with van der Waals surface area (Å²) in [5.41, 5.74) is 0.599. The molecule has 16 heteroatoms. The van der Waals surface area contributed by atoms with Crippen LogP contribution in [0.2, 0.25) is 0 Å². The fraction of sp³-hybridized carbons (Fsp3) is 0.391. The minimum Gasteiger partial charge on any atom is -0.494 e. The van der Waals surface area contributed by atoms with Crippen molar-refractivity contribution in [1.82, 2.24) is 0 Å². The zero-order valence-corrected chi connectivity index (χ0v) is 22.7. The van der Waals surface area contributed by atoms with Crippen molar-refractivity contribution in [3.8, 4) is 5.75 Å². The average Bonchev–Trinajstić information content (AvgIpc) is 3.30. The minimum absolute atomic E-state index is 0.0168. The summed E-state index contributed by atoms with van der Waals surface area (Å²) in [6, 6.07) is 4.02. The number of benzene rings is 1. The van der Waals surface area contributed by atoms with Gasteiger partial charge in [-0.2, -0.15) is 0 Å². The molecular weight excluding hydrogens is 538 g/mol. The minimum atomic E-state index is -0.834. The molecule has 1 aromatic carbocycles. The summed E-state index contributed by atoms with van der Waals surface area (Å²) >= 11 is 0.621. The Kier molecular flexibility index (Phi) is 11.3. The molecule has 1 N–H and O–H groups in total. The van der Waals surface area contributed by atoms with Crippen molar-refractivity contribution >= 4 is 62.2 Å². The highest BCUT2D eigenvalue weighted by Crippen LogP contribution is 2.41. The van der Waals surface area contributed by atoms with Crippen molar-refractivity contribution in [3.05, 3.63) is 33.9 Å². The number of nitrogens with one attached hydrogen (secondary N) is 1. The predicted octanol–water partition coefficient (Wildman–Crippen LogP) is 3.76. The Balaban J connectivity index is 2.56. The number of carbonyl (C=O) groups excluding carboxylic acids is 4. The zero-order valence-electron chi connectivity index (χ0n) is 21.8. The van der Waals surface area contributed by atoms with E-state index in [-0.39, 0.29) is 59.0 Å². The first-order valence-corrected chi connectivity index (χ1v) is 12.1. The summed E-state index contributed by atoms with van der Waals surface area (Å²) in [4.78, 5) is 58.8. The van der Waals surface area contributed by atoms with Crippen LogP contribution < -0.4 is 15.0 Å². The van der Waals surface area contributed by atoms with E-state index < -0.39 is 28.7 Å². The van der Waals surface area contributed by atoms with E-state index in [4.69, 9.17) is 14.2 Å². The number of ether oxygens (including phenoxy) is 4. The van der Waals surface area contributed by atoms with Gasteiger partial charge in [0.25, 0.3) is 0 Å². The van der Waals surface area contributed by atoms with Crippen LogP contribution >= 0.6 is 11.3 Å². The molecule has 210 valence electrons. The molecule has 1 amide bonds. The fourth-order valence-electron chi connectivity index (χ4n) is 3.18. The number of esters is 3. The summed E-state index contributed by atoms with van der Waals surface area (Å²) in [6.07, 6.45) is 0. The van der Waals surface area contributed by atoms with E-state index in [9.17, 15) is 29.3 Å². The molecule has 0 atom stereocenters. The third-order valence-electron chi connectivity index (χ3n) is 4.81. The Bertz CT molecular complexity index is 1260. The van der Waals surface area contributed by atoms with Crippen LogP contribution in [-0.4, -0.2) is 69.3 Å². The molecule has 39 heavy (non-hydrogen) atoms. The molecule has 1 heterocycles. The lowest BCUT2D eigenvalue weighted by Crippen LogP contribution is -2.32. The Morgan fingerprint density at radius 3 is 2.10 bits per heavy atom. The van der Waals surface area contributed by atoms with Gasteiger partial charge in [0.05, 0.1) is 43.6 Å². The number of hydrogen-bond acceptors (Lipinski definition) is 14. The topological polar surface area (TPSA) is 188 Å². The molecule has 0 radical (unpaired) electrons. The maximum atomic E-state index is 12.1. The smallest absolute Gasteiger partial charge is 0.341 e. The number of nitrogens with zero attached hydrogens (tertiary/aromatic N) is 4. The second-order valence-corrected chi connectivity index (χ2v) is 8.65. The van der Waals surface area contributed by atoms with Crippen LogP contribution in [-0.2, 0) is 28.6 Å². The highest BCUT2D eigenvalue weighted by molar-refractivity contribution is 7.19. The predicted molar refractivity (Wildman–Crippen MR) is 139 cm³/mol. The Hall–Kier alpha value is -4.60. The van der Waals surface area contributed by atoms with Crippen molar-refractivity contribution in [2.24, 2.45) is 10.2 Å². The van der Waals surface area contributed by atoms with E-state index in [1.54, 1.807) is 4.90 Å². The van der Waals surface area contributed by atoms with Crippen molar-refractivity contribution in [2.75, 3.05) is 50.7 Å². The molecule has 0 bridgehead atoms. The lowest BCUT2D eigenvalue weighted by atomic mass is 10.2. The Labute approximate surface area is 226 Å². The number of hydrogen-bond donors (Lipinski definition) is 1. The van der Waals surface area contributed by atoms with Gasteiger partial charge in [-0.05, 0) is 17.4 Å². The van der Waals surface area contributed by atoms with Gasteiger partial charge in [0, 0.05) is 32.9 Å². The van der Waals surface area contributed by atoms with Gasteiger partial charge in [-0.1, -0.05) is 0 Å². The fourth-order valence-corrected chi connectivity index (χ4v) is 3.96. The maximum Gasteiger partial charge on any atom is 0.341 e. The van der Waals surface area contributed by atoms with Crippen LogP contribution in [0.3, 0.4) is 0 Å². The monoisotopic (exact) mass is 565 g/mol. The van der Waals surface area contributed by atoms with E-state index in [2.05, 4.69) is 20.3 Å². The second-order valence-electron chi connectivity index (χ2n) is 7.64. The van der Waals surface area contributed by atoms with Crippen molar-refractivity contribution < 1.29 is 43.0 Å². The quantitative estimate of drug-likeness (QED) is 0.122. The third kappa shape index (κ3) is 9.03. The zero-order chi connectivity index (χ0) is 29.1. The molecular formula is C23H27N5O10S. The number of anilines is 2. The summed E-state index contributed by atoms with van der Waals surface area (Å²) in [6.45, 7) is 4.24. The van der Waals surface area contributed by atoms with Crippen molar-refractivity contribution in [3.63, 3.8) is 0 Å². The molecule has 0 fully saturated rings. The molecule has 0 spiro atoms. The van der Waals surface area contributed by atoms with Crippen LogP contribution in [0.4, 0.5) is 27.1 Å². The number of nitro groups is 1. The Morgan fingerprint density at radius 1 is 1.00 bits per heavy atom. The molecule has 0 aliphatic heterocycles. The molecule has 0 aliphatic rings. The van der Waals surface area contributed by atoms with E-state index in [0.717, 1.165) is 13.2 Å². The van der Waals surface area contributed by atoms with Gasteiger partial charge in [0.1, 0.15) is 30.2 Å². The van der Waals surface area contributed by atoms with Crippen LogP contribution in [0.25, 0.3) is 0 Å². The van der Waals surface area contributed by atoms with Gasteiger partial charge in [-0.15, -0.1) is 10.2 Å². The molecule has 2 aromatic rings. The van der Waals surface area contributed by atoms with Gasteiger partial charge in [-0.25, -0.2) is 4.79 Å². The number of thiophene rings is 1. The molecule has 1 aromatic heterocycles. The lowest BCUT2D eigenvalue weighted by Gasteiger charge is -2.27. The highest BCUT2D eigenvalue weighted by atomic mass is 32.1. The molecule has 0 saturated heterocycles. The number of amides is 1. The van der Waals surface area contributed by atoms with Gasteiger partial charge >= 0.3 is 22.9 Å². The van der Waals surface area contributed by atoms with Gasteiger partial charge in [0.2, 0.25) is 5.91 Å². The normalized spacial score (nSPS) is 10.6. The lowest BCUT2D eigenvalue weighted by molar-refractivity contribution is -0.380. The molecule has 2 rings (SSSR count). The first kappa shape index (κ1) is 30.6. The van der Waals surface area contributed by atoms with Crippen LogP contribution in [0.1, 0.15) is 31.1 Å². The van der Waals surface area contributed by atoms with E-state index >= 15 is 0 Å². The standard InChI is InChI=1S/C23H27N5O10S/c1-13(29)24-17-11-19(27(6-8-37-14(2)30)7-9-38-15(3)31)20(35-4)12-18(17)25-26-22-16(23(32)36-5)10-21(39-22)28(33)34/h10-12H,6-9H2,1-5H3,(H,24,29). The third-order valence-corrected chi connectivity index (χ3v) is 5.79. The van der Waals surface area contributed by atoms with Gasteiger partial charge < -0.3 is 29.2 Å². The maximum absolute atomic E-state index is 12.1. The first-order valence-electron chi connectivity index (χ1n) is 11.3. The highest BCUT2D eigenvalue weighted by Gasteiger charge is 2.23. The van der Waals surface area contributed by atoms with Crippen molar-refractivity contribution in [2.45, 2.75) is 20.8 Å². The summed E-state index contributed by atoms with van der Waals surface area (Å²) in [7, 11) is 2.52. The van der Waals surface area contributed by atoms with Gasteiger partial charge in [-0.3, -0.25) is 24.5 Å². The van der Waals surface area contributed by atoms with Crippen molar-refractivity contribution in [1.29, 1.82) is 0 Å². The molecule has 0 unspecified atom stereocenters. The largest absolute Gasteiger partial charge is 0.494 e. The van der Waals surface area contributed by atoms with E-state index in [1.807, 2.05) is 0 Å². The van der Waals surface area contributed by atoms with Gasteiger partial charge in [0.15, 0.2) is 5.00 Å². The molecule has 0 aliphatic carbocycles.